The van der Waals surface area contributed by atoms with Crippen molar-refractivity contribution >= 4 is 11.6 Å². The fourth-order valence-corrected chi connectivity index (χ4v) is 2.08. The zero-order chi connectivity index (χ0) is 14.5. The van der Waals surface area contributed by atoms with Crippen molar-refractivity contribution in [3.63, 3.8) is 0 Å². The summed E-state index contributed by atoms with van der Waals surface area (Å²) in [5.74, 6) is 0.722. The van der Waals surface area contributed by atoms with E-state index in [9.17, 15) is 0 Å². The van der Waals surface area contributed by atoms with Gasteiger partial charge in [0, 0.05) is 11.1 Å². The van der Waals surface area contributed by atoms with Crippen LogP contribution in [0.4, 0.5) is 0 Å². The highest BCUT2D eigenvalue weighted by Crippen LogP contribution is 2.25. The van der Waals surface area contributed by atoms with E-state index in [-0.39, 0.29) is 18.8 Å². The molecule has 2 unspecified atom stereocenters. The van der Waals surface area contributed by atoms with Crippen LogP contribution >= 0.6 is 11.6 Å². The van der Waals surface area contributed by atoms with Crippen LogP contribution in [-0.4, -0.2) is 11.1 Å². The van der Waals surface area contributed by atoms with Gasteiger partial charge in [0.05, 0.1) is 6.61 Å². The molecule has 0 amide bonds. The van der Waals surface area contributed by atoms with Gasteiger partial charge >= 0.3 is 0 Å². The lowest BCUT2D eigenvalue weighted by Gasteiger charge is -2.23. The maximum Gasteiger partial charge on any atom is 0.138 e. The van der Waals surface area contributed by atoms with E-state index in [2.05, 4.69) is 0 Å². The van der Waals surface area contributed by atoms with Crippen LogP contribution in [0.25, 0.3) is 0 Å². The Morgan fingerprint density at radius 1 is 1.10 bits per heavy atom. The lowest BCUT2D eigenvalue weighted by Crippen LogP contribution is -2.29. The van der Waals surface area contributed by atoms with Crippen LogP contribution in [0.2, 0.25) is 5.02 Å². The number of aliphatic hydroxyl groups excluding tert-OH is 1. The second kappa shape index (κ2) is 6.75. The summed E-state index contributed by atoms with van der Waals surface area (Å²) >= 11 is 5.89. The molecule has 0 aliphatic rings. The van der Waals surface area contributed by atoms with Gasteiger partial charge in [-0.05, 0) is 42.3 Å². The second-order valence-corrected chi connectivity index (χ2v) is 5.19. The van der Waals surface area contributed by atoms with Gasteiger partial charge in [-0.25, -0.2) is 0 Å². The largest absolute Gasteiger partial charge is 0.484 e. The summed E-state index contributed by atoms with van der Waals surface area (Å²) in [5.41, 5.74) is 7.84. The smallest absolute Gasteiger partial charge is 0.138 e. The van der Waals surface area contributed by atoms with Gasteiger partial charge in [-0.3, -0.25) is 0 Å². The van der Waals surface area contributed by atoms with Crippen molar-refractivity contribution in [2.75, 3.05) is 0 Å². The number of benzene rings is 2. The number of halogens is 1. The van der Waals surface area contributed by atoms with Gasteiger partial charge in [0.15, 0.2) is 0 Å². The predicted molar refractivity (Wildman–Crippen MR) is 80.8 cm³/mol. The molecule has 2 rings (SSSR count). The average molecular weight is 292 g/mol. The Kier molecular flexibility index (Phi) is 5.01. The number of nitrogens with two attached hydrogens (primary N) is 1. The topological polar surface area (TPSA) is 55.5 Å². The highest BCUT2D eigenvalue weighted by Gasteiger charge is 2.18. The molecule has 2 atom stereocenters. The number of aliphatic hydroxyl groups is 1. The van der Waals surface area contributed by atoms with Crippen LogP contribution in [0, 0.1) is 0 Å². The molecule has 106 valence electrons. The molecule has 0 spiro atoms. The molecule has 0 bridgehead atoms. The summed E-state index contributed by atoms with van der Waals surface area (Å²) in [7, 11) is 0. The third kappa shape index (κ3) is 3.73. The van der Waals surface area contributed by atoms with Crippen LogP contribution in [-0.2, 0) is 6.61 Å². The van der Waals surface area contributed by atoms with E-state index in [0.717, 1.165) is 16.9 Å². The molecule has 0 aliphatic carbocycles. The molecule has 0 aliphatic heterocycles. The molecule has 2 aromatic rings. The van der Waals surface area contributed by atoms with E-state index >= 15 is 0 Å². The monoisotopic (exact) mass is 291 g/mol. The van der Waals surface area contributed by atoms with Crippen molar-refractivity contribution in [3.05, 3.63) is 64.7 Å². The van der Waals surface area contributed by atoms with Crippen molar-refractivity contribution in [2.24, 2.45) is 5.73 Å². The molecule has 20 heavy (non-hydrogen) atoms. The summed E-state index contributed by atoms with van der Waals surface area (Å²) in [6.07, 6.45) is -0.243. The first-order chi connectivity index (χ1) is 9.60. The zero-order valence-electron chi connectivity index (χ0n) is 11.3. The maximum atomic E-state index is 9.03. The molecule has 0 radical (unpaired) electrons. The number of hydrogen-bond acceptors (Lipinski definition) is 3. The first-order valence-corrected chi connectivity index (χ1v) is 6.85. The van der Waals surface area contributed by atoms with E-state index in [4.69, 9.17) is 27.2 Å². The molecule has 0 aromatic heterocycles. The summed E-state index contributed by atoms with van der Waals surface area (Å²) in [4.78, 5) is 0. The van der Waals surface area contributed by atoms with Crippen LogP contribution in [0.15, 0.2) is 48.5 Å². The van der Waals surface area contributed by atoms with Crippen LogP contribution in [0.3, 0.4) is 0 Å². The molecule has 4 heteroatoms. The Bertz CT molecular complexity index is 537. The summed E-state index contributed by atoms with van der Waals surface area (Å²) in [5, 5.41) is 9.71. The van der Waals surface area contributed by atoms with E-state index in [1.807, 2.05) is 55.5 Å². The van der Waals surface area contributed by atoms with E-state index < -0.39 is 0 Å². The molecule has 0 saturated heterocycles. The van der Waals surface area contributed by atoms with Crippen LogP contribution in [0.1, 0.15) is 24.2 Å². The second-order valence-electron chi connectivity index (χ2n) is 4.75. The number of hydrogen-bond donors (Lipinski definition) is 2. The average Bonchev–Trinajstić information content (AvgIpc) is 2.46. The molecule has 3 nitrogen and oxygen atoms in total. The van der Waals surface area contributed by atoms with Gasteiger partial charge < -0.3 is 15.6 Å². The van der Waals surface area contributed by atoms with Gasteiger partial charge in [-0.1, -0.05) is 35.9 Å². The highest BCUT2D eigenvalue weighted by molar-refractivity contribution is 6.30. The van der Waals surface area contributed by atoms with Gasteiger partial charge in [0.25, 0.3) is 0 Å². The van der Waals surface area contributed by atoms with Gasteiger partial charge in [0.2, 0.25) is 0 Å². The highest BCUT2D eigenvalue weighted by atomic mass is 35.5. The summed E-state index contributed by atoms with van der Waals surface area (Å²) < 4.78 is 5.95. The Labute approximate surface area is 123 Å². The van der Waals surface area contributed by atoms with Crippen molar-refractivity contribution in [1.29, 1.82) is 0 Å². The van der Waals surface area contributed by atoms with Crippen molar-refractivity contribution in [3.8, 4) is 5.75 Å². The minimum absolute atomic E-state index is 0.0220. The molecular formula is C16H18ClNO2. The molecule has 0 saturated carbocycles. The molecule has 2 aromatic carbocycles. The van der Waals surface area contributed by atoms with Crippen LogP contribution in [0.5, 0.6) is 5.75 Å². The minimum atomic E-state index is -0.243. The Balaban J connectivity index is 2.18. The van der Waals surface area contributed by atoms with E-state index in [1.165, 1.54) is 0 Å². The Morgan fingerprint density at radius 3 is 2.20 bits per heavy atom. The molecule has 0 heterocycles. The quantitative estimate of drug-likeness (QED) is 0.889. The first-order valence-electron chi connectivity index (χ1n) is 6.47. The first kappa shape index (κ1) is 14.9. The Morgan fingerprint density at radius 2 is 1.70 bits per heavy atom. The van der Waals surface area contributed by atoms with Gasteiger partial charge in [-0.15, -0.1) is 0 Å². The van der Waals surface area contributed by atoms with E-state index in [1.54, 1.807) is 0 Å². The lowest BCUT2D eigenvalue weighted by atomic mass is 10.0. The summed E-state index contributed by atoms with van der Waals surface area (Å²) in [6.45, 7) is 1.93. The van der Waals surface area contributed by atoms with Crippen molar-refractivity contribution < 1.29 is 9.84 Å². The molecular weight excluding hydrogens is 274 g/mol. The SMILES string of the molecule is CC(N)C(Oc1ccc(CO)cc1)c1ccc(Cl)cc1. The van der Waals surface area contributed by atoms with Crippen molar-refractivity contribution in [1.82, 2.24) is 0 Å². The summed E-state index contributed by atoms with van der Waals surface area (Å²) in [6, 6.07) is 14.6. The fourth-order valence-electron chi connectivity index (χ4n) is 1.95. The normalized spacial score (nSPS) is 13.8. The number of rotatable bonds is 5. The third-order valence-electron chi connectivity index (χ3n) is 3.05. The third-order valence-corrected chi connectivity index (χ3v) is 3.30. The predicted octanol–water partition coefficient (Wildman–Crippen LogP) is 3.30. The zero-order valence-corrected chi connectivity index (χ0v) is 12.0. The minimum Gasteiger partial charge on any atom is -0.484 e. The maximum absolute atomic E-state index is 9.03. The Hall–Kier alpha value is -1.55. The van der Waals surface area contributed by atoms with E-state index in [0.29, 0.717) is 5.02 Å². The fraction of sp³-hybridized carbons (Fsp3) is 0.250. The molecule has 3 N–H and O–H groups in total. The molecule has 0 fully saturated rings. The van der Waals surface area contributed by atoms with Crippen LogP contribution < -0.4 is 10.5 Å². The van der Waals surface area contributed by atoms with Crippen molar-refractivity contribution in [2.45, 2.75) is 25.7 Å². The lowest BCUT2D eigenvalue weighted by molar-refractivity contribution is 0.180. The standard InChI is InChI=1S/C16H18ClNO2/c1-11(18)16(13-4-6-14(17)7-5-13)20-15-8-2-12(10-19)3-9-15/h2-9,11,16,19H,10,18H2,1H3. The van der Waals surface area contributed by atoms with Gasteiger partial charge in [-0.2, -0.15) is 0 Å². The van der Waals surface area contributed by atoms with Gasteiger partial charge in [0.1, 0.15) is 11.9 Å². The number of ether oxygens (including phenoxy) is 1.